The molecule has 3 rings (SSSR count). The molecule has 0 aliphatic carbocycles. The van der Waals surface area contributed by atoms with Crippen LogP contribution in [0.5, 0.6) is 0 Å². The molecule has 1 aromatic heterocycles. The van der Waals surface area contributed by atoms with Crippen molar-refractivity contribution >= 4 is 33.2 Å². The zero-order chi connectivity index (χ0) is 14.7. The van der Waals surface area contributed by atoms with Crippen LogP contribution in [0.4, 0.5) is 0 Å². The van der Waals surface area contributed by atoms with E-state index in [1.54, 1.807) is 11.3 Å². The molecule has 2 saturated heterocycles. The molecule has 2 fully saturated rings. The number of hydrogen-bond acceptors (Lipinski definition) is 4. The smallest absolute Gasteiger partial charge is 0.240 e. The normalized spacial score (nSPS) is 24.2. The van der Waals surface area contributed by atoms with Gasteiger partial charge in [0, 0.05) is 24.5 Å². The number of thiophene rings is 1. The first-order chi connectivity index (χ1) is 10.2. The number of piperidine rings is 1. The number of nitrogens with zero attached hydrogens (tertiary/aromatic N) is 2. The highest BCUT2D eigenvalue weighted by molar-refractivity contribution is 9.11. The summed E-state index contributed by atoms with van der Waals surface area (Å²) in [7, 11) is 0. The zero-order valence-corrected chi connectivity index (χ0v) is 14.5. The van der Waals surface area contributed by atoms with Gasteiger partial charge in [0.15, 0.2) is 0 Å². The maximum Gasteiger partial charge on any atom is 0.240 e. The molecule has 0 spiro atoms. The maximum atomic E-state index is 12.8. The molecule has 0 radical (unpaired) electrons. The Kier molecular flexibility index (Phi) is 5.32. The molecule has 0 saturated carbocycles. The van der Waals surface area contributed by atoms with Gasteiger partial charge in [-0.15, -0.1) is 11.3 Å². The van der Waals surface area contributed by atoms with Crippen LogP contribution in [-0.4, -0.2) is 54.6 Å². The highest BCUT2D eigenvalue weighted by Crippen LogP contribution is 2.27. The first kappa shape index (κ1) is 15.5. The van der Waals surface area contributed by atoms with Crippen molar-refractivity contribution in [1.82, 2.24) is 9.80 Å². The van der Waals surface area contributed by atoms with E-state index < -0.39 is 0 Å². The minimum atomic E-state index is 0.0534. The van der Waals surface area contributed by atoms with Crippen LogP contribution < -0.4 is 0 Å². The summed E-state index contributed by atoms with van der Waals surface area (Å²) in [4.78, 5) is 18.4. The number of halogens is 1. The van der Waals surface area contributed by atoms with Crippen molar-refractivity contribution in [2.75, 3.05) is 32.8 Å². The van der Waals surface area contributed by atoms with E-state index in [0.717, 1.165) is 42.8 Å². The van der Waals surface area contributed by atoms with Crippen LogP contribution in [0.15, 0.2) is 15.9 Å². The highest BCUT2D eigenvalue weighted by Gasteiger charge is 2.32. The van der Waals surface area contributed by atoms with E-state index in [-0.39, 0.29) is 6.04 Å². The minimum Gasteiger partial charge on any atom is -0.378 e. The molecule has 116 valence electrons. The summed E-state index contributed by atoms with van der Waals surface area (Å²) in [5, 5.41) is 0. The van der Waals surface area contributed by atoms with Crippen LogP contribution in [0.25, 0.3) is 0 Å². The Labute approximate surface area is 138 Å². The van der Waals surface area contributed by atoms with Gasteiger partial charge in [-0.25, -0.2) is 0 Å². The van der Waals surface area contributed by atoms with E-state index >= 15 is 0 Å². The minimum absolute atomic E-state index is 0.0534. The Morgan fingerprint density at radius 2 is 2.10 bits per heavy atom. The largest absolute Gasteiger partial charge is 0.378 e. The van der Waals surface area contributed by atoms with Crippen molar-refractivity contribution in [2.24, 2.45) is 0 Å². The van der Waals surface area contributed by atoms with Gasteiger partial charge in [0.25, 0.3) is 0 Å². The summed E-state index contributed by atoms with van der Waals surface area (Å²) in [5.74, 6) is 0.300. The standard InChI is InChI=1S/C15H21BrN2O2S/c16-14-5-4-12(21-14)11-18-6-2-1-3-13(18)15(19)17-7-9-20-10-8-17/h4-5,13H,1-3,6-11H2. The van der Waals surface area contributed by atoms with Gasteiger partial charge in [-0.05, 0) is 47.4 Å². The lowest BCUT2D eigenvalue weighted by molar-refractivity contribution is -0.142. The molecule has 0 N–H and O–H groups in total. The second kappa shape index (κ2) is 7.22. The molecule has 2 aliphatic rings. The Balaban J connectivity index is 1.67. The third kappa shape index (κ3) is 3.86. The third-order valence-corrected chi connectivity index (χ3v) is 5.82. The van der Waals surface area contributed by atoms with Crippen molar-refractivity contribution < 1.29 is 9.53 Å². The first-order valence-corrected chi connectivity index (χ1v) is 9.20. The number of amides is 1. The summed E-state index contributed by atoms with van der Waals surface area (Å²) < 4.78 is 6.51. The lowest BCUT2D eigenvalue weighted by Gasteiger charge is -2.38. The second-order valence-corrected chi connectivity index (χ2v) is 8.17. The molecule has 4 nitrogen and oxygen atoms in total. The second-order valence-electron chi connectivity index (χ2n) is 5.63. The van der Waals surface area contributed by atoms with Crippen LogP contribution in [0.2, 0.25) is 0 Å². The zero-order valence-electron chi connectivity index (χ0n) is 12.1. The Morgan fingerprint density at radius 1 is 1.29 bits per heavy atom. The van der Waals surface area contributed by atoms with Crippen LogP contribution in [0.3, 0.4) is 0 Å². The van der Waals surface area contributed by atoms with Crippen LogP contribution in [0.1, 0.15) is 24.1 Å². The number of rotatable bonds is 3. The lowest BCUT2D eigenvalue weighted by Crippen LogP contribution is -2.53. The maximum absolute atomic E-state index is 12.8. The number of likely N-dealkylation sites (tertiary alicyclic amines) is 1. The number of morpholine rings is 1. The lowest BCUT2D eigenvalue weighted by atomic mass is 10.0. The molecule has 0 bridgehead atoms. The van der Waals surface area contributed by atoms with E-state index in [4.69, 9.17) is 4.74 Å². The fraction of sp³-hybridized carbons (Fsp3) is 0.667. The third-order valence-electron chi connectivity index (χ3n) is 4.21. The monoisotopic (exact) mass is 372 g/mol. The Hall–Kier alpha value is -0.430. The van der Waals surface area contributed by atoms with E-state index in [2.05, 4.69) is 33.0 Å². The Morgan fingerprint density at radius 3 is 2.81 bits per heavy atom. The van der Waals surface area contributed by atoms with Crippen molar-refractivity contribution in [3.8, 4) is 0 Å². The first-order valence-electron chi connectivity index (χ1n) is 7.59. The molecule has 1 unspecified atom stereocenters. The molecule has 1 amide bonds. The van der Waals surface area contributed by atoms with Gasteiger partial charge in [0.05, 0.1) is 23.0 Å². The summed E-state index contributed by atoms with van der Waals surface area (Å²) in [6.45, 7) is 4.75. The van der Waals surface area contributed by atoms with E-state index in [1.807, 2.05) is 4.90 Å². The van der Waals surface area contributed by atoms with Gasteiger partial charge < -0.3 is 9.64 Å². The van der Waals surface area contributed by atoms with Crippen LogP contribution in [0, 0.1) is 0 Å². The number of carbonyl (C=O) groups excluding carboxylic acids is 1. The summed E-state index contributed by atoms with van der Waals surface area (Å²) in [5.41, 5.74) is 0. The average molecular weight is 373 g/mol. The van der Waals surface area contributed by atoms with Gasteiger partial charge >= 0.3 is 0 Å². The predicted octanol–water partition coefficient (Wildman–Crippen LogP) is 2.72. The molecule has 21 heavy (non-hydrogen) atoms. The summed E-state index contributed by atoms with van der Waals surface area (Å²) in [6.07, 6.45) is 3.34. The molecular weight excluding hydrogens is 352 g/mol. The number of carbonyl (C=O) groups is 1. The molecule has 1 aromatic rings. The van der Waals surface area contributed by atoms with Gasteiger partial charge in [0.1, 0.15) is 0 Å². The fourth-order valence-electron chi connectivity index (χ4n) is 3.09. The van der Waals surface area contributed by atoms with Crippen molar-refractivity contribution in [3.63, 3.8) is 0 Å². The van der Waals surface area contributed by atoms with Gasteiger partial charge in [-0.3, -0.25) is 9.69 Å². The van der Waals surface area contributed by atoms with Gasteiger partial charge in [0.2, 0.25) is 5.91 Å². The molecule has 1 atom stereocenters. The quantitative estimate of drug-likeness (QED) is 0.817. The van der Waals surface area contributed by atoms with Gasteiger partial charge in [-0.2, -0.15) is 0 Å². The van der Waals surface area contributed by atoms with E-state index in [0.29, 0.717) is 19.1 Å². The van der Waals surface area contributed by atoms with Gasteiger partial charge in [-0.1, -0.05) is 6.42 Å². The average Bonchev–Trinajstić information content (AvgIpc) is 2.93. The number of ether oxygens (including phenoxy) is 1. The Bertz CT molecular complexity index is 488. The topological polar surface area (TPSA) is 32.8 Å². The number of hydrogen-bond donors (Lipinski definition) is 0. The fourth-order valence-corrected chi connectivity index (χ4v) is 4.60. The SMILES string of the molecule is O=C(C1CCCCN1Cc1ccc(Br)s1)N1CCOCC1. The van der Waals surface area contributed by atoms with Crippen LogP contribution >= 0.6 is 27.3 Å². The molecule has 0 aromatic carbocycles. The summed E-state index contributed by atoms with van der Waals surface area (Å²) in [6, 6.07) is 4.29. The predicted molar refractivity (Wildman–Crippen MR) is 87.5 cm³/mol. The molecule has 6 heteroatoms. The van der Waals surface area contributed by atoms with E-state index in [9.17, 15) is 4.79 Å². The summed E-state index contributed by atoms with van der Waals surface area (Å²) >= 11 is 5.28. The van der Waals surface area contributed by atoms with Crippen molar-refractivity contribution in [3.05, 3.63) is 20.8 Å². The van der Waals surface area contributed by atoms with Crippen molar-refractivity contribution in [1.29, 1.82) is 0 Å². The van der Waals surface area contributed by atoms with Crippen LogP contribution in [-0.2, 0) is 16.1 Å². The highest BCUT2D eigenvalue weighted by atomic mass is 79.9. The van der Waals surface area contributed by atoms with E-state index in [1.165, 1.54) is 11.3 Å². The molecule has 3 heterocycles. The molecule has 2 aliphatic heterocycles. The van der Waals surface area contributed by atoms with Crippen molar-refractivity contribution in [2.45, 2.75) is 31.8 Å². The molecular formula is C15H21BrN2O2S.